The van der Waals surface area contributed by atoms with E-state index in [-0.39, 0.29) is 6.29 Å². The fourth-order valence-corrected chi connectivity index (χ4v) is 2.21. The Morgan fingerprint density at radius 1 is 1.06 bits per heavy atom. The van der Waals surface area contributed by atoms with Gasteiger partial charge in [0.25, 0.3) is 0 Å². The van der Waals surface area contributed by atoms with Gasteiger partial charge in [0.05, 0.1) is 11.5 Å². The molecule has 0 aromatic heterocycles. The maximum absolute atomic E-state index is 5.91. The van der Waals surface area contributed by atoms with Gasteiger partial charge in [0.1, 0.15) is 0 Å². The van der Waals surface area contributed by atoms with Crippen molar-refractivity contribution >= 4 is 0 Å². The molecule has 2 aliphatic carbocycles. The second-order valence-electron chi connectivity index (χ2n) is 4.58. The van der Waals surface area contributed by atoms with Gasteiger partial charge in [-0.05, 0) is 44.3 Å². The van der Waals surface area contributed by atoms with Crippen molar-refractivity contribution in [2.75, 3.05) is 0 Å². The van der Waals surface area contributed by atoms with Crippen LogP contribution in [0.15, 0.2) is 23.7 Å². The molecule has 90 valence electrons. The predicted octanol–water partition coefficient (Wildman–Crippen LogP) is 4.28. The molecule has 2 nitrogen and oxygen atoms in total. The topological polar surface area (TPSA) is 18.5 Å². The van der Waals surface area contributed by atoms with E-state index >= 15 is 0 Å². The molecule has 0 amide bonds. The van der Waals surface area contributed by atoms with Gasteiger partial charge in [-0.3, -0.25) is 0 Å². The van der Waals surface area contributed by atoms with Gasteiger partial charge in [-0.2, -0.15) is 0 Å². The molecule has 2 heteroatoms. The molecule has 0 saturated carbocycles. The minimum absolute atomic E-state index is 0.0568. The van der Waals surface area contributed by atoms with Crippen molar-refractivity contribution in [2.24, 2.45) is 0 Å². The summed E-state index contributed by atoms with van der Waals surface area (Å²) in [6.45, 7) is 2.17. The number of ether oxygens (including phenoxy) is 2. The van der Waals surface area contributed by atoms with Crippen LogP contribution in [0.25, 0.3) is 0 Å². The first kappa shape index (κ1) is 11.6. The van der Waals surface area contributed by atoms with Crippen molar-refractivity contribution in [3.63, 3.8) is 0 Å². The monoisotopic (exact) mass is 222 g/mol. The Morgan fingerprint density at radius 2 is 1.62 bits per heavy atom. The Hall–Kier alpha value is -0.920. The molecule has 16 heavy (non-hydrogen) atoms. The smallest absolute Gasteiger partial charge is 0.240 e. The van der Waals surface area contributed by atoms with Crippen LogP contribution < -0.4 is 0 Å². The largest absolute Gasteiger partial charge is 0.460 e. The van der Waals surface area contributed by atoms with E-state index in [1.807, 2.05) is 0 Å². The van der Waals surface area contributed by atoms with Gasteiger partial charge in [-0.15, -0.1) is 0 Å². The molecule has 0 radical (unpaired) electrons. The maximum atomic E-state index is 5.91. The first-order valence-electron chi connectivity index (χ1n) is 6.60. The van der Waals surface area contributed by atoms with E-state index in [1.54, 1.807) is 0 Å². The van der Waals surface area contributed by atoms with E-state index in [0.29, 0.717) is 0 Å². The minimum Gasteiger partial charge on any atom is -0.460 e. The van der Waals surface area contributed by atoms with Gasteiger partial charge < -0.3 is 9.47 Å². The third-order valence-corrected chi connectivity index (χ3v) is 3.09. The lowest BCUT2D eigenvalue weighted by Gasteiger charge is -2.21. The third-order valence-electron chi connectivity index (χ3n) is 3.09. The van der Waals surface area contributed by atoms with Gasteiger partial charge in [-0.1, -0.05) is 6.92 Å². The van der Waals surface area contributed by atoms with Crippen molar-refractivity contribution < 1.29 is 9.47 Å². The highest BCUT2D eigenvalue weighted by molar-refractivity contribution is 5.01. The molecular weight excluding hydrogens is 200 g/mol. The number of hydrogen-bond acceptors (Lipinski definition) is 2. The van der Waals surface area contributed by atoms with E-state index in [4.69, 9.17) is 9.47 Å². The molecule has 0 aliphatic heterocycles. The van der Waals surface area contributed by atoms with Crippen molar-refractivity contribution in [3.8, 4) is 0 Å². The highest BCUT2D eigenvalue weighted by atomic mass is 16.7. The average Bonchev–Trinajstić information content (AvgIpc) is 2.91. The second-order valence-corrected chi connectivity index (χ2v) is 4.58. The van der Waals surface area contributed by atoms with Crippen LogP contribution in [0.3, 0.4) is 0 Å². The van der Waals surface area contributed by atoms with Crippen LogP contribution in [0.4, 0.5) is 0 Å². The summed E-state index contributed by atoms with van der Waals surface area (Å²) < 4.78 is 11.8. The van der Waals surface area contributed by atoms with E-state index in [0.717, 1.165) is 50.0 Å². The van der Waals surface area contributed by atoms with Crippen LogP contribution in [0.1, 0.15) is 58.3 Å². The molecule has 0 heterocycles. The first-order chi connectivity index (χ1) is 7.88. The van der Waals surface area contributed by atoms with Crippen LogP contribution in [0.2, 0.25) is 0 Å². The lowest BCUT2D eigenvalue weighted by Crippen LogP contribution is -2.16. The molecule has 0 aromatic carbocycles. The van der Waals surface area contributed by atoms with Crippen LogP contribution in [0, 0.1) is 0 Å². The quantitative estimate of drug-likeness (QED) is 0.624. The number of hydrogen-bond donors (Lipinski definition) is 0. The zero-order chi connectivity index (χ0) is 11.2. The molecule has 0 unspecified atom stereocenters. The molecule has 0 fully saturated rings. The van der Waals surface area contributed by atoms with Crippen molar-refractivity contribution in [3.05, 3.63) is 23.7 Å². The zero-order valence-corrected chi connectivity index (χ0v) is 10.2. The first-order valence-corrected chi connectivity index (χ1v) is 6.60. The van der Waals surface area contributed by atoms with Gasteiger partial charge in [0.15, 0.2) is 0 Å². The molecule has 0 aromatic rings. The molecule has 0 saturated heterocycles. The van der Waals surface area contributed by atoms with Crippen molar-refractivity contribution in [1.82, 2.24) is 0 Å². The zero-order valence-electron chi connectivity index (χ0n) is 10.2. The van der Waals surface area contributed by atoms with Crippen LogP contribution in [-0.4, -0.2) is 6.29 Å². The summed E-state index contributed by atoms with van der Waals surface area (Å²) in [4.78, 5) is 0. The Bertz CT molecular complexity index is 252. The van der Waals surface area contributed by atoms with Gasteiger partial charge in [0, 0.05) is 19.3 Å². The summed E-state index contributed by atoms with van der Waals surface area (Å²) in [6, 6.07) is 0. The van der Waals surface area contributed by atoms with Gasteiger partial charge >= 0.3 is 0 Å². The highest BCUT2D eigenvalue weighted by Crippen LogP contribution is 2.26. The normalized spacial score (nSPS) is 19.9. The summed E-state index contributed by atoms with van der Waals surface area (Å²) in [5.41, 5.74) is 0. The lowest BCUT2D eigenvalue weighted by atomic mass is 10.3. The predicted molar refractivity (Wildman–Crippen MR) is 64.7 cm³/mol. The number of allylic oxidation sites excluding steroid dienone is 4. The van der Waals surface area contributed by atoms with Crippen molar-refractivity contribution in [2.45, 2.75) is 64.6 Å². The lowest BCUT2D eigenvalue weighted by molar-refractivity contribution is -0.0931. The minimum atomic E-state index is -0.0568. The molecule has 0 spiro atoms. The molecule has 2 rings (SSSR count). The molecule has 0 N–H and O–H groups in total. The van der Waals surface area contributed by atoms with Crippen molar-refractivity contribution in [1.29, 1.82) is 0 Å². The summed E-state index contributed by atoms with van der Waals surface area (Å²) in [5, 5.41) is 0. The molecule has 0 atom stereocenters. The standard InChI is InChI=1S/C14H22O2/c1-2-7-14(15-12-8-3-4-9-12)16-13-10-5-6-11-13/h8,10,14H,2-7,9,11H2,1H3. The summed E-state index contributed by atoms with van der Waals surface area (Å²) in [6.07, 6.45) is 13.4. The van der Waals surface area contributed by atoms with Crippen LogP contribution in [0.5, 0.6) is 0 Å². The maximum Gasteiger partial charge on any atom is 0.240 e. The van der Waals surface area contributed by atoms with E-state index < -0.39 is 0 Å². The summed E-state index contributed by atoms with van der Waals surface area (Å²) in [7, 11) is 0. The Labute approximate surface area is 98.3 Å². The van der Waals surface area contributed by atoms with E-state index in [9.17, 15) is 0 Å². The van der Waals surface area contributed by atoms with Gasteiger partial charge in [0.2, 0.25) is 6.29 Å². The number of rotatable bonds is 6. The summed E-state index contributed by atoms with van der Waals surface area (Å²) >= 11 is 0. The van der Waals surface area contributed by atoms with Gasteiger partial charge in [-0.25, -0.2) is 0 Å². The molecule has 2 aliphatic rings. The van der Waals surface area contributed by atoms with E-state index in [1.165, 1.54) is 12.8 Å². The Balaban J connectivity index is 1.83. The van der Waals surface area contributed by atoms with Crippen LogP contribution in [-0.2, 0) is 9.47 Å². The fourth-order valence-electron chi connectivity index (χ4n) is 2.21. The summed E-state index contributed by atoms with van der Waals surface area (Å²) in [5.74, 6) is 2.27. The second kappa shape index (κ2) is 5.97. The average molecular weight is 222 g/mol. The SMILES string of the molecule is CCCC(OC1=CCCC1)OC1=CCCC1. The Kier molecular flexibility index (Phi) is 4.32. The molecular formula is C14H22O2. The van der Waals surface area contributed by atoms with E-state index in [2.05, 4.69) is 19.1 Å². The highest BCUT2D eigenvalue weighted by Gasteiger charge is 2.17. The third kappa shape index (κ3) is 3.29. The fraction of sp³-hybridized carbons (Fsp3) is 0.714. The molecule has 0 bridgehead atoms. The van der Waals surface area contributed by atoms with Crippen LogP contribution >= 0.6 is 0 Å². The Morgan fingerprint density at radius 3 is 2.00 bits per heavy atom.